The fraction of sp³-hybridized carbons (Fsp3) is 0.389. The summed E-state index contributed by atoms with van der Waals surface area (Å²) in [6.45, 7) is 5.29. The lowest BCUT2D eigenvalue weighted by molar-refractivity contribution is 0.0908. The van der Waals surface area contributed by atoms with Gasteiger partial charge in [0, 0.05) is 36.9 Å². The van der Waals surface area contributed by atoms with Gasteiger partial charge in [-0.25, -0.2) is 4.98 Å². The molecule has 0 bridgehead atoms. The Morgan fingerprint density at radius 2 is 2.26 bits per heavy atom. The van der Waals surface area contributed by atoms with Crippen LogP contribution in [0.3, 0.4) is 0 Å². The van der Waals surface area contributed by atoms with E-state index in [0.717, 1.165) is 43.0 Å². The molecule has 8 nitrogen and oxygen atoms in total. The summed E-state index contributed by atoms with van der Waals surface area (Å²) in [7, 11) is 0. The molecule has 0 unspecified atom stereocenters. The molecule has 0 spiro atoms. The van der Waals surface area contributed by atoms with E-state index in [4.69, 9.17) is 0 Å². The van der Waals surface area contributed by atoms with Crippen LogP contribution >= 0.6 is 11.3 Å². The third-order valence-corrected chi connectivity index (χ3v) is 5.67. The quantitative estimate of drug-likeness (QED) is 0.701. The molecule has 4 heterocycles. The zero-order chi connectivity index (χ0) is 18.6. The number of likely N-dealkylation sites (tertiary alicyclic amines) is 1. The van der Waals surface area contributed by atoms with Crippen molar-refractivity contribution in [3.63, 3.8) is 0 Å². The molecule has 4 rings (SSSR count). The molecular formula is C18H21N7OS. The largest absolute Gasteiger partial charge is 0.348 e. The van der Waals surface area contributed by atoms with Crippen LogP contribution in [0.5, 0.6) is 0 Å². The number of piperidine rings is 1. The molecule has 0 aliphatic carbocycles. The van der Waals surface area contributed by atoms with Gasteiger partial charge < -0.3 is 10.2 Å². The zero-order valence-electron chi connectivity index (χ0n) is 15.1. The van der Waals surface area contributed by atoms with Gasteiger partial charge in [-0.1, -0.05) is 6.92 Å². The lowest BCUT2D eigenvalue weighted by Gasteiger charge is -2.31. The molecule has 1 aliphatic rings. The van der Waals surface area contributed by atoms with E-state index in [2.05, 4.69) is 42.5 Å². The molecule has 3 aromatic rings. The second-order valence-electron chi connectivity index (χ2n) is 6.48. The Kier molecular flexibility index (Phi) is 5.21. The molecule has 9 heteroatoms. The van der Waals surface area contributed by atoms with E-state index < -0.39 is 0 Å². The van der Waals surface area contributed by atoms with E-state index in [-0.39, 0.29) is 11.9 Å². The molecule has 0 radical (unpaired) electrons. The Labute approximate surface area is 161 Å². The molecule has 1 amide bonds. The van der Waals surface area contributed by atoms with Gasteiger partial charge in [0.05, 0.1) is 5.56 Å². The molecule has 3 aromatic heterocycles. The van der Waals surface area contributed by atoms with Crippen molar-refractivity contribution >= 4 is 17.2 Å². The minimum atomic E-state index is -0.114. The molecule has 2 N–H and O–H groups in total. The van der Waals surface area contributed by atoms with Gasteiger partial charge >= 0.3 is 0 Å². The number of aromatic amines is 1. The monoisotopic (exact) mass is 383 g/mol. The van der Waals surface area contributed by atoms with Gasteiger partial charge in [-0.15, -0.1) is 16.4 Å². The number of nitrogens with one attached hydrogen (secondary N) is 2. The summed E-state index contributed by atoms with van der Waals surface area (Å²) in [6, 6.07) is 3.87. The summed E-state index contributed by atoms with van der Waals surface area (Å²) in [5.41, 5.74) is 2.60. The molecule has 0 aromatic carbocycles. The zero-order valence-corrected chi connectivity index (χ0v) is 15.9. The molecule has 0 saturated carbocycles. The van der Waals surface area contributed by atoms with Crippen LogP contribution in [0.15, 0.2) is 29.9 Å². The Morgan fingerprint density at radius 1 is 1.41 bits per heavy atom. The van der Waals surface area contributed by atoms with E-state index in [0.29, 0.717) is 17.1 Å². The summed E-state index contributed by atoms with van der Waals surface area (Å²) >= 11 is 1.42. The molecule has 1 aliphatic heterocycles. The SMILES string of the molecule is CCN1CCC(NC(=O)c2csc(-c3c[nH]nc3-c3cccnn3)n2)CC1. The number of nitrogens with zero attached hydrogens (tertiary/aromatic N) is 5. The highest BCUT2D eigenvalue weighted by Gasteiger charge is 2.22. The third kappa shape index (κ3) is 3.88. The number of rotatable bonds is 5. The Balaban J connectivity index is 1.47. The summed E-state index contributed by atoms with van der Waals surface area (Å²) in [5, 5.41) is 20.8. The summed E-state index contributed by atoms with van der Waals surface area (Å²) < 4.78 is 0. The maximum atomic E-state index is 12.6. The first-order chi connectivity index (χ1) is 13.2. The number of H-pyrrole nitrogens is 1. The average molecular weight is 383 g/mol. The predicted octanol–water partition coefficient (Wildman–Crippen LogP) is 2.20. The highest BCUT2D eigenvalue weighted by molar-refractivity contribution is 7.13. The number of hydrogen-bond acceptors (Lipinski definition) is 7. The van der Waals surface area contributed by atoms with Gasteiger partial charge in [0.1, 0.15) is 22.1 Å². The highest BCUT2D eigenvalue weighted by atomic mass is 32.1. The average Bonchev–Trinajstić information content (AvgIpc) is 3.38. The van der Waals surface area contributed by atoms with Crippen molar-refractivity contribution in [2.24, 2.45) is 0 Å². The molecule has 1 fully saturated rings. The van der Waals surface area contributed by atoms with Gasteiger partial charge in [0.15, 0.2) is 0 Å². The summed E-state index contributed by atoms with van der Waals surface area (Å²) in [5.74, 6) is -0.114. The van der Waals surface area contributed by atoms with Crippen LogP contribution in [0.25, 0.3) is 22.0 Å². The maximum absolute atomic E-state index is 12.6. The lowest BCUT2D eigenvalue weighted by atomic mass is 10.1. The van der Waals surface area contributed by atoms with E-state index >= 15 is 0 Å². The van der Waals surface area contributed by atoms with Crippen LogP contribution in [0.2, 0.25) is 0 Å². The highest BCUT2D eigenvalue weighted by Crippen LogP contribution is 2.31. The van der Waals surface area contributed by atoms with E-state index in [9.17, 15) is 4.79 Å². The number of hydrogen-bond donors (Lipinski definition) is 2. The lowest BCUT2D eigenvalue weighted by Crippen LogP contribution is -2.44. The smallest absolute Gasteiger partial charge is 0.270 e. The van der Waals surface area contributed by atoms with Crippen LogP contribution in [0.4, 0.5) is 0 Å². The second kappa shape index (κ2) is 7.93. The van der Waals surface area contributed by atoms with Gasteiger partial charge in [-0.05, 0) is 31.5 Å². The number of carbonyl (C=O) groups excluding carboxylic acids is 1. The van der Waals surface area contributed by atoms with Crippen LogP contribution in [0.1, 0.15) is 30.3 Å². The van der Waals surface area contributed by atoms with Crippen molar-refractivity contribution in [2.45, 2.75) is 25.8 Å². The first-order valence-corrected chi connectivity index (χ1v) is 9.93. The van der Waals surface area contributed by atoms with Gasteiger partial charge in [-0.3, -0.25) is 9.89 Å². The van der Waals surface area contributed by atoms with E-state index in [1.54, 1.807) is 17.8 Å². The molecular weight excluding hydrogens is 362 g/mol. The summed E-state index contributed by atoms with van der Waals surface area (Å²) in [6.07, 6.45) is 5.35. The van der Waals surface area contributed by atoms with Crippen LogP contribution in [-0.2, 0) is 0 Å². The fourth-order valence-corrected chi connectivity index (χ4v) is 4.05. The van der Waals surface area contributed by atoms with Crippen LogP contribution in [0, 0.1) is 0 Å². The van der Waals surface area contributed by atoms with Crippen LogP contribution in [-0.4, -0.2) is 61.9 Å². The topological polar surface area (TPSA) is 99.7 Å². The van der Waals surface area contributed by atoms with Gasteiger partial charge in [0.2, 0.25) is 0 Å². The number of thiazole rings is 1. The molecule has 0 atom stereocenters. The van der Waals surface area contributed by atoms with E-state index in [1.165, 1.54) is 11.3 Å². The molecule has 27 heavy (non-hydrogen) atoms. The standard InChI is InChI=1S/C18H21N7OS/c1-2-25-8-5-12(6-9-25)21-17(26)15-11-27-18(22-15)13-10-20-24-16(13)14-4-3-7-19-23-14/h3-4,7,10-12H,2,5-6,8-9H2,1H3,(H,20,24)(H,21,26). The Bertz CT molecular complexity index is 899. The second-order valence-corrected chi connectivity index (χ2v) is 7.33. The first kappa shape index (κ1) is 17.7. The van der Waals surface area contributed by atoms with Crippen molar-refractivity contribution in [3.8, 4) is 22.0 Å². The number of carbonyl (C=O) groups is 1. The maximum Gasteiger partial charge on any atom is 0.270 e. The van der Waals surface area contributed by atoms with Crippen LogP contribution < -0.4 is 5.32 Å². The van der Waals surface area contributed by atoms with Crippen molar-refractivity contribution < 1.29 is 4.79 Å². The minimum absolute atomic E-state index is 0.114. The van der Waals surface area contributed by atoms with Crippen molar-refractivity contribution in [3.05, 3.63) is 35.6 Å². The van der Waals surface area contributed by atoms with Crippen molar-refractivity contribution in [2.75, 3.05) is 19.6 Å². The number of amides is 1. The van der Waals surface area contributed by atoms with Crippen molar-refractivity contribution in [1.82, 2.24) is 35.6 Å². The third-order valence-electron chi connectivity index (χ3n) is 4.79. The first-order valence-electron chi connectivity index (χ1n) is 9.05. The number of aromatic nitrogens is 5. The predicted molar refractivity (Wildman–Crippen MR) is 103 cm³/mol. The molecule has 140 valence electrons. The van der Waals surface area contributed by atoms with E-state index in [1.807, 2.05) is 12.1 Å². The normalized spacial score (nSPS) is 15.7. The molecule has 1 saturated heterocycles. The van der Waals surface area contributed by atoms with Gasteiger partial charge in [0.25, 0.3) is 5.91 Å². The fourth-order valence-electron chi connectivity index (χ4n) is 3.23. The van der Waals surface area contributed by atoms with Crippen molar-refractivity contribution in [1.29, 1.82) is 0 Å². The minimum Gasteiger partial charge on any atom is -0.348 e. The van der Waals surface area contributed by atoms with Gasteiger partial charge in [-0.2, -0.15) is 10.2 Å². The Morgan fingerprint density at radius 3 is 3.00 bits per heavy atom. The summed E-state index contributed by atoms with van der Waals surface area (Å²) in [4.78, 5) is 19.5. The Hall–Kier alpha value is -2.65.